The van der Waals surface area contributed by atoms with Gasteiger partial charge in [-0.1, -0.05) is 53.6 Å². The molecule has 0 bridgehead atoms. The van der Waals surface area contributed by atoms with E-state index in [0.29, 0.717) is 24.7 Å². The number of aryl methyl sites for hydroxylation is 1. The van der Waals surface area contributed by atoms with Gasteiger partial charge in [0.2, 0.25) is 5.91 Å². The first-order valence-corrected chi connectivity index (χ1v) is 11.0. The molecule has 4 heteroatoms. The van der Waals surface area contributed by atoms with Gasteiger partial charge in [-0.25, -0.2) is 0 Å². The summed E-state index contributed by atoms with van der Waals surface area (Å²) in [5.41, 5.74) is 3.81. The average Bonchev–Trinajstić information content (AvgIpc) is 3.19. The Morgan fingerprint density at radius 2 is 2.17 bits per heavy atom. The highest BCUT2D eigenvalue weighted by Crippen LogP contribution is 2.48. The Labute approximate surface area is 174 Å². The molecule has 0 unspecified atom stereocenters. The fourth-order valence-electron chi connectivity index (χ4n) is 4.96. The fourth-order valence-corrected chi connectivity index (χ4v) is 4.96. The maximum atomic E-state index is 11.3. The lowest BCUT2D eigenvalue weighted by molar-refractivity contribution is -0.120. The van der Waals surface area contributed by atoms with Crippen LogP contribution in [0.3, 0.4) is 0 Å². The first-order valence-electron chi connectivity index (χ1n) is 11.0. The van der Waals surface area contributed by atoms with Crippen LogP contribution in [-0.4, -0.2) is 35.4 Å². The second-order valence-corrected chi connectivity index (χ2v) is 8.76. The van der Waals surface area contributed by atoms with E-state index in [9.17, 15) is 15.0 Å². The number of unbranched alkanes of at least 4 members (excludes halogenated alkanes) is 1. The Hall–Kier alpha value is -1.91. The van der Waals surface area contributed by atoms with Gasteiger partial charge in [0.1, 0.15) is 0 Å². The summed E-state index contributed by atoms with van der Waals surface area (Å²) in [5.74, 6) is 1.12. The molecule has 0 saturated heterocycles. The smallest absolute Gasteiger partial charge is 0.219 e. The van der Waals surface area contributed by atoms with Gasteiger partial charge in [0.25, 0.3) is 0 Å². The van der Waals surface area contributed by atoms with Crippen molar-refractivity contribution in [1.29, 1.82) is 0 Å². The maximum Gasteiger partial charge on any atom is 0.219 e. The van der Waals surface area contributed by atoms with Crippen LogP contribution in [0.4, 0.5) is 0 Å². The fraction of sp³-hybridized carbons (Fsp3) is 0.560. The Bertz CT molecular complexity index is 754. The van der Waals surface area contributed by atoms with Crippen molar-refractivity contribution in [2.24, 2.45) is 17.8 Å². The van der Waals surface area contributed by atoms with E-state index in [2.05, 4.69) is 36.5 Å². The molecule has 1 amide bonds. The summed E-state index contributed by atoms with van der Waals surface area (Å²) in [6.07, 6.45) is 11.5. The van der Waals surface area contributed by atoms with Crippen molar-refractivity contribution in [1.82, 2.24) is 5.32 Å². The quantitative estimate of drug-likeness (QED) is 0.439. The molecule has 3 N–H and O–H groups in total. The first kappa shape index (κ1) is 21.8. The molecule has 0 aliphatic heterocycles. The highest BCUT2D eigenvalue weighted by molar-refractivity contribution is 5.75. The number of rotatable bonds is 9. The first-order chi connectivity index (χ1) is 14.0. The van der Waals surface area contributed by atoms with Crippen LogP contribution < -0.4 is 5.32 Å². The van der Waals surface area contributed by atoms with Crippen LogP contribution in [-0.2, 0) is 11.2 Å². The molecular weight excluding hydrogens is 362 g/mol. The molecule has 5 atom stereocenters. The zero-order valence-electron chi connectivity index (χ0n) is 17.7. The molecule has 0 heterocycles. The van der Waals surface area contributed by atoms with Crippen molar-refractivity contribution >= 4 is 5.91 Å². The normalized spacial score (nSPS) is 27.1. The van der Waals surface area contributed by atoms with Gasteiger partial charge in [0.15, 0.2) is 0 Å². The van der Waals surface area contributed by atoms with Crippen molar-refractivity contribution in [3.8, 4) is 0 Å². The van der Waals surface area contributed by atoms with Crippen molar-refractivity contribution in [2.45, 2.75) is 64.1 Å². The van der Waals surface area contributed by atoms with E-state index in [4.69, 9.17) is 0 Å². The van der Waals surface area contributed by atoms with Gasteiger partial charge in [0, 0.05) is 25.8 Å². The Balaban J connectivity index is 1.49. The molecule has 2 aliphatic carbocycles. The van der Waals surface area contributed by atoms with Gasteiger partial charge < -0.3 is 15.5 Å². The number of amides is 1. The lowest BCUT2D eigenvalue weighted by Gasteiger charge is -2.19. The number of aliphatic hydroxyl groups is 2. The van der Waals surface area contributed by atoms with E-state index in [1.165, 1.54) is 11.1 Å². The van der Waals surface area contributed by atoms with Gasteiger partial charge in [-0.05, 0) is 56.4 Å². The van der Waals surface area contributed by atoms with Crippen molar-refractivity contribution in [2.75, 3.05) is 7.05 Å². The minimum absolute atomic E-state index is 0.111. The molecule has 0 radical (unpaired) electrons. The molecule has 29 heavy (non-hydrogen) atoms. The number of aliphatic hydroxyl groups excluding tert-OH is 2. The molecule has 158 valence electrons. The van der Waals surface area contributed by atoms with E-state index in [-0.39, 0.29) is 17.9 Å². The van der Waals surface area contributed by atoms with Gasteiger partial charge in [0.05, 0.1) is 12.2 Å². The van der Waals surface area contributed by atoms with Crippen LogP contribution in [0.15, 0.2) is 48.1 Å². The van der Waals surface area contributed by atoms with Crippen LogP contribution in [0.2, 0.25) is 0 Å². The van der Waals surface area contributed by atoms with E-state index in [1.807, 2.05) is 18.2 Å². The van der Waals surface area contributed by atoms with Gasteiger partial charge in [-0.15, -0.1) is 0 Å². The summed E-state index contributed by atoms with van der Waals surface area (Å²) in [4.78, 5) is 11.3. The lowest BCUT2D eigenvalue weighted by Crippen LogP contribution is -2.18. The number of hydrogen-bond donors (Lipinski definition) is 3. The Morgan fingerprint density at radius 1 is 1.34 bits per heavy atom. The highest BCUT2D eigenvalue weighted by atomic mass is 16.3. The van der Waals surface area contributed by atoms with Crippen molar-refractivity contribution in [3.63, 3.8) is 0 Å². The number of benzene rings is 1. The Morgan fingerprint density at radius 3 is 2.93 bits per heavy atom. The Kier molecular flexibility index (Phi) is 7.68. The zero-order chi connectivity index (χ0) is 20.8. The molecule has 1 aromatic carbocycles. The molecule has 2 aliphatic rings. The highest BCUT2D eigenvalue weighted by Gasteiger charge is 2.43. The zero-order valence-corrected chi connectivity index (χ0v) is 17.7. The summed E-state index contributed by atoms with van der Waals surface area (Å²) in [7, 11) is 1.68. The third-order valence-electron chi connectivity index (χ3n) is 6.46. The largest absolute Gasteiger partial charge is 0.392 e. The third kappa shape index (κ3) is 6.03. The molecule has 1 fully saturated rings. The number of fused-ring (bicyclic) bond motifs is 1. The topological polar surface area (TPSA) is 69.6 Å². The molecule has 3 rings (SSSR count). The van der Waals surface area contributed by atoms with Crippen LogP contribution in [0.5, 0.6) is 0 Å². The van der Waals surface area contributed by atoms with Gasteiger partial charge in [-0.3, -0.25) is 4.79 Å². The molecule has 0 spiro atoms. The summed E-state index contributed by atoms with van der Waals surface area (Å²) < 4.78 is 0. The van der Waals surface area contributed by atoms with E-state index >= 15 is 0 Å². The van der Waals surface area contributed by atoms with Crippen LogP contribution in [0.25, 0.3) is 0 Å². The summed E-state index contributed by atoms with van der Waals surface area (Å²) in [6.45, 7) is 2.06. The molecular formula is C25H35NO3. The summed E-state index contributed by atoms with van der Waals surface area (Å²) in [5, 5.41) is 23.6. The molecule has 1 aromatic rings. The van der Waals surface area contributed by atoms with Gasteiger partial charge in [-0.2, -0.15) is 0 Å². The minimum atomic E-state index is -0.526. The number of hydrogen-bond acceptors (Lipinski definition) is 3. The standard InChI is InChI=1S/C25H35NO3/c1-17-6-5-8-18(12-17)14-21(27)10-11-22-23-15-19(13-20(23)16-24(22)28)7-3-4-9-25(29)26-2/h5-6,8,10-13,20-24,27-28H,3-4,7,9,14-16H2,1-2H3,(H,26,29)/b11-10+/t20-,21-,22+,23-,24+/m0/s1. The molecule has 0 aromatic heterocycles. The van der Waals surface area contributed by atoms with Crippen molar-refractivity contribution in [3.05, 3.63) is 59.2 Å². The van der Waals surface area contributed by atoms with E-state index in [0.717, 1.165) is 37.7 Å². The maximum absolute atomic E-state index is 11.3. The summed E-state index contributed by atoms with van der Waals surface area (Å²) in [6, 6.07) is 8.23. The number of carbonyl (C=O) groups excluding carboxylic acids is 1. The second-order valence-electron chi connectivity index (χ2n) is 8.76. The van der Waals surface area contributed by atoms with Crippen LogP contribution in [0.1, 0.15) is 49.7 Å². The monoisotopic (exact) mass is 397 g/mol. The predicted octanol–water partition coefficient (Wildman–Crippen LogP) is 3.70. The van der Waals surface area contributed by atoms with Crippen LogP contribution in [0, 0.1) is 24.7 Å². The number of allylic oxidation sites excluding steroid dienone is 2. The SMILES string of the molecule is CNC(=O)CCCCC1=C[C@H]2C[C@@H](O)[C@H](/C=C/[C@H](O)Cc3cccc(C)c3)[C@H]2C1. The van der Waals surface area contributed by atoms with Gasteiger partial charge >= 0.3 is 0 Å². The lowest BCUT2D eigenvalue weighted by atomic mass is 9.88. The van der Waals surface area contributed by atoms with E-state index in [1.54, 1.807) is 7.05 Å². The third-order valence-corrected chi connectivity index (χ3v) is 6.46. The van der Waals surface area contributed by atoms with E-state index < -0.39 is 6.10 Å². The van der Waals surface area contributed by atoms with Crippen LogP contribution >= 0.6 is 0 Å². The van der Waals surface area contributed by atoms with Crippen molar-refractivity contribution < 1.29 is 15.0 Å². The average molecular weight is 398 g/mol. The minimum Gasteiger partial charge on any atom is -0.392 e. The predicted molar refractivity (Wildman–Crippen MR) is 116 cm³/mol. The number of carbonyl (C=O) groups is 1. The second kappa shape index (κ2) is 10.2. The molecule has 4 nitrogen and oxygen atoms in total. The summed E-state index contributed by atoms with van der Waals surface area (Å²) >= 11 is 0. The number of nitrogens with one attached hydrogen (secondary N) is 1. The molecule has 1 saturated carbocycles.